The zero-order valence-corrected chi connectivity index (χ0v) is 20.6. The van der Waals surface area contributed by atoms with Crippen LogP contribution in [0.25, 0.3) is 0 Å². The molecule has 0 saturated carbocycles. The summed E-state index contributed by atoms with van der Waals surface area (Å²) in [7, 11) is 3.68. The van der Waals surface area contributed by atoms with E-state index < -0.39 is 13.3 Å². The number of nitrogens with zero attached hydrogens (tertiary/aromatic N) is 1. The molecule has 0 spiro atoms. The smallest absolute Gasteiger partial charge is 0.376 e. The standard InChI is InChI=1S/C24H49NO2P/c1-6-8-9-10-11-12-13-14-15-16-17-18-19-20-21-23-24(22-7-2,28(26)27)25(3,4)5/h8-9H,6-7,10-23H2,1-5H3/q+1. The molecular formula is C24H49NO2P+. The van der Waals surface area contributed by atoms with Crippen molar-refractivity contribution in [1.82, 2.24) is 0 Å². The third-order valence-electron chi connectivity index (χ3n) is 6.09. The lowest BCUT2D eigenvalue weighted by Gasteiger charge is -2.39. The average Bonchev–Trinajstić information content (AvgIpc) is 2.62. The molecule has 0 aromatic rings. The molecule has 0 aliphatic carbocycles. The van der Waals surface area contributed by atoms with Crippen molar-refractivity contribution in [3.05, 3.63) is 12.2 Å². The Hall–Kier alpha value is -0.240. The van der Waals surface area contributed by atoms with E-state index in [1.165, 1.54) is 70.6 Å². The Bertz CT molecular complexity index is 417. The molecule has 2 atom stereocenters. The molecule has 0 aliphatic heterocycles. The Labute approximate surface area is 177 Å². The van der Waals surface area contributed by atoms with Crippen molar-refractivity contribution in [3.8, 4) is 0 Å². The largest absolute Gasteiger partial charge is 0.590 e. The second kappa shape index (κ2) is 16.5. The van der Waals surface area contributed by atoms with Gasteiger partial charge in [0.05, 0.1) is 21.1 Å². The van der Waals surface area contributed by atoms with Gasteiger partial charge in [-0.3, -0.25) is 4.48 Å². The van der Waals surface area contributed by atoms with Gasteiger partial charge in [-0.2, -0.15) is 0 Å². The van der Waals surface area contributed by atoms with Crippen LogP contribution in [0.3, 0.4) is 0 Å². The highest BCUT2D eigenvalue weighted by Crippen LogP contribution is 2.45. The van der Waals surface area contributed by atoms with E-state index in [0.717, 1.165) is 32.1 Å². The maximum atomic E-state index is 12.1. The van der Waals surface area contributed by atoms with Crippen LogP contribution in [0.4, 0.5) is 0 Å². The van der Waals surface area contributed by atoms with E-state index in [4.69, 9.17) is 0 Å². The zero-order valence-electron chi connectivity index (χ0n) is 19.7. The van der Waals surface area contributed by atoms with Gasteiger partial charge < -0.3 is 4.89 Å². The minimum Gasteiger partial charge on any atom is -0.590 e. The van der Waals surface area contributed by atoms with Crippen LogP contribution in [0.1, 0.15) is 117 Å². The Kier molecular flexibility index (Phi) is 16.4. The molecule has 4 heteroatoms. The quantitative estimate of drug-likeness (QED) is 0.0960. The van der Waals surface area contributed by atoms with E-state index >= 15 is 0 Å². The highest BCUT2D eigenvalue weighted by Gasteiger charge is 2.53. The second-order valence-corrected chi connectivity index (χ2v) is 10.7. The minimum atomic E-state index is -2.42. The Morgan fingerprint density at radius 3 is 1.61 bits per heavy atom. The Morgan fingerprint density at radius 2 is 1.21 bits per heavy atom. The first-order chi connectivity index (χ1) is 13.3. The second-order valence-electron chi connectivity index (χ2n) is 9.31. The first-order valence-corrected chi connectivity index (χ1v) is 13.1. The van der Waals surface area contributed by atoms with E-state index in [9.17, 15) is 9.46 Å². The van der Waals surface area contributed by atoms with Crippen LogP contribution in [0.5, 0.6) is 0 Å². The van der Waals surface area contributed by atoms with Gasteiger partial charge in [0.25, 0.3) is 5.28 Å². The molecule has 0 heterocycles. The lowest BCUT2D eigenvalue weighted by atomic mass is 9.99. The molecule has 0 aromatic carbocycles. The number of quaternary nitrogens is 1. The van der Waals surface area contributed by atoms with Gasteiger partial charge in [-0.25, -0.2) is 0 Å². The van der Waals surface area contributed by atoms with Gasteiger partial charge in [0.2, 0.25) is 0 Å². The van der Waals surface area contributed by atoms with Crippen LogP contribution in [0.15, 0.2) is 12.2 Å². The lowest BCUT2D eigenvalue weighted by Crippen LogP contribution is -2.55. The Morgan fingerprint density at radius 1 is 0.750 bits per heavy atom. The highest BCUT2D eigenvalue weighted by atomic mass is 31.1. The fraction of sp³-hybridized carbons (Fsp3) is 0.917. The monoisotopic (exact) mass is 414 g/mol. The predicted octanol–water partition coefficient (Wildman–Crippen LogP) is 7.33. The summed E-state index contributed by atoms with van der Waals surface area (Å²) in [4.78, 5) is 12.1. The van der Waals surface area contributed by atoms with Crippen molar-refractivity contribution < 1.29 is 13.9 Å². The van der Waals surface area contributed by atoms with Gasteiger partial charge in [0, 0.05) is 12.8 Å². The van der Waals surface area contributed by atoms with Crippen molar-refractivity contribution in [2.75, 3.05) is 21.1 Å². The van der Waals surface area contributed by atoms with Gasteiger partial charge in [0.15, 0.2) is 0 Å². The fourth-order valence-corrected chi connectivity index (χ4v) is 5.41. The molecule has 28 heavy (non-hydrogen) atoms. The Balaban J connectivity index is 3.74. The molecule has 0 rings (SSSR count). The van der Waals surface area contributed by atoms with Crippen molar-refractivity contribution in [1.29, 1.82) is 0 Å². The van der Waals surface area contributed by atoms with Crippen LogP contribution in [0, 0.1) is 0 Å². The molecule has 166 valence electrons. The van der Waals surface area contributed by atoms with Crippen LogP contribution in [0.2, 0.25) is 0 Å². The maximum Gasteiger partial charge on any atom is 0.376 e. The van der Waals surface area contributed by atoms with Gasteiger partial charge in [-0.15, -0.1) is 0 Å². The number of allylic oxidation sites excluding steroid dienone is 2. The molecule has 0 bridgehead atoms. The van der Waals surface area contributed by atoms with Crippen molar-refractivity contribution in [2.45, 2.75) is 122 Å². The summed E-state index contributed by atoms with van der Waals surface area (Å²) in [5.74, 6) is 0. The number of hydrogen-bond donors (Lipinski definition) is 0. The van der Waals surface area contributed by atoms with Crippen LogP contribution < -0.4 is 4.89 Å². The third kappa shape index (κ3) is 11.7. The maximum absolute atomic E-state index is 12.1. The summed E-state index contributed by atoms with van der Waals surface area (Å²) in [6, 6.07) is 0. The van der Waals surface area contributed by atoms with Gasteiger partial charge in [-0.05, 0) is 32.1 Å². The van der Waals surface area contributed by atoms with Gasteiger partial charge in [-0.1, -0.05) is 88.4 Å². The molecule has 3 nitrogen and oxygen atoms in total. The zero-order chi connectivity index (χ0) is 21.3. The van der Waals surface area contributed by atoms with Crippen LogP contribution in [-0.2, 0) is 4.57 Å². The summed E-state index contributed by atoms with van der Waals surface area (Å²) in [5, 5.41) is -0.587. The van der Waals surface area contributed by atoms with E-state index in [2.05, 4.69) is 26.0 Å². The van der Waals surface area contributed by atoms with Crippen LogP contribution >= 0.6 is 8.03 Å². The topological polar surface area (TPSA) is 40.1 Å². The van der Waals surface area contributed by atoms with E-state index in [1.807, 2.05) is 21.1 Å². The third-order valence-corrected chi connectivity index (χ3v) is 7.82. The van der Waals surface area contributed by atoms with Crippen molar-refractivity contribution >= 4 is 8.03 Å². The van der Waals surface area contributed by atoms with E-state index in [0.29, 0.717) is 4.48 Å². The molecular weight excluding hydrogens is 365 g/mol. The molecule has 0 amide bonds. The highest BCUT2D eigenvalue weighted by molar-refractivity contribution is 7.38. The number of hydrogen-bond acceptors (Lipinski definition) is 2. The lowest BCUT2D eigenvalue weighted by molar-refractivity contribution is -0.910. The summed E-state index contributed by atoms with van der Waals surface area (Å²) < 4.78 is 12.6. The van der Waals surface area contributed by atoms with Crippen molar-refractivity contribution in [2.24, 2.45) is 0 Å². The summed E-state index contributed by atoms with van der Waals surface area (Å²) in [5.41, 5.74) is 0. The van der Waals surface area contributed by atoms with E-state index in [-0.39, 0.29) is 0 Å². The van der Waals surface area contributed by atoms with Crippen molar-refractivity contribution in [3.63, 3.8) is 0 Å². The first kappa shape index (κ1) is 27.8. The normalized spacial score (nSPS) is 15.1. The van der Waals surface area contributed by atoms with Gasteiger partial charge >= 0.3 is 8.03 Å². The number of rotatable bonds is 19. The first-order valence-electron chi connectivity index (χ1n) is 11.9. The summed E-state index contributed by atoms with van der Waals surface area (Å²) in [6.07, 6.45) is 23.8. The molecule has 0 aromatic heterocycles. The van der Waals surface area contributed by atoms with E-state index in [1.54, 1.807) is 0 Å². The fourth-order valence-electron chi connectivity index (χ4n) is 4.17. The summed E-state index contributed by atoms with van der Waals surface area (Å²) in [6.45, 7) is 4.28. The molecule has 0 N–H and O–H groups in total. The predicted molar refractivity (Wildman–Crippen MR) is 123 cm³/mol. The molecule has 0 fully saturated rings. The molecule has 0 aliphatic rings. The minimum absolute atomic E-state index is 0.522. The molecule has 2 unspecified atom stereocenters. The molecule has 0 radical (unpaired) electrons. The number of unbranched alkanes of at least 4 members (excludes halogenated alkanes) is 11. The van der Waals surface area contributed by atoms with Gasteiger partial charge in [0.1, 0.15) is 0 Å². The SMILES string of the molecule is CCC=CCCCCCCCCCCCCCC(CCC)([P+](=O)[O-])[N+](C)(C)C. The summed E-state index contributed by atoms with van der Waals surface area (Å²) >= 11 is 0. The molecule has 0 saturated heterocycles. The van der Waals surface area contributed by atoms with Crippen LogP contribution in [-0.4, -0.2) is 30.9 Å². The average molecular weight is 415 g/mol.